The van der Waals surface area contributed by atoms with E-state index in [1.165, 1.54) is 51.5 Å². The Balaban J connectivity index is 2.12. The summed E-state index contributed by atoms with van der Waals surface area (Å²) in [6.45, 7) is 0. The normalized spacial score (nSPS) is 13.5. The largest absolute Gasteiger partial charge is 0.135 e. The summed E-state index contributed by atoms with van der Waals surface area (Å²) in [5.74, 6) is 0. The SMILES string of the molecule is c1cc2c3c(c1)sc1ccc4sc5cccc(c5c4c13)C2. The molecule has 0 saturated carbocycles. The maximum atomic E-state index is 2.31. The van der Waals surface area contributed by atoms with Gasteiger partial charge in [0.25, 0.3) is 0 Å². The Labute approximate surface area is 129 Å². The molecule has 0 amide bonds. The second-order valence-corrected chi connectivity index (χ2v) is 7.94. The van der Waals surface area contributed by atoms with E-state index in [4.69, 9.17) is 0 Å². The molecule has 1 aliphatic rings. The van der Waals surface area contributed by atoms with Crippen LogP contribution in [0, 0.1) is 0 Å². The van der Waals surface area contributed by atoms with E-state index in [-0.39, 0.29) is 0 Å². The predicted octanol–water partition coefficient (Wildman–Crippen LogP) is 6.33. The second kappa shape index (κ2) is 3.46. The van der Waals surface area contributed by atoms with Crippen molar-refractivity contribution in [2.24, 2.45) is 0 Å². The van der Waals surface area contributed by atoms with Crippen molar-refractivity contribution in [2.75, 3.05) is 0 Å². The minimum absolute atomic E-state index is 1.06. The Hall–Kier alpha value is -1.90. The van der Waals surface area contributed by atoms with Gasteiger partial charge < -0.3 is 0 Å². The van der Waals surface area contributed by atoms with Gasteiger partial charge in [-0.15, -0.1) is 22.7 Å². The van der Waals surface area contributed by atoms with Crippen molar-refractivity contribution in [1.29, 1.82) is 0 Å². The fraction of sp³-hybridized carbons (Fsp3) is 0.0526. The first kappa shape index (κ1) is 10.8. The molecule has 6 rings (SSSR count). The van der Waals surface area contributed by atoms with Crippen molar-refractivity contribution in [3.63, 3.8) is 0 Å². The molecule has 0 bridgehead atoms. The fourth-order valence-corrected chi connectivity index (χ4v) is 6.18. The van der Waals surface area contributed by atoms with Gasteiger partial charge in [-0.05, 0) is 41.8 Å². The summed E-state index contributed by atoms with van der Waals surface area (Å²) in [5.41, 5.74) is 2.97. The van der Waals surface area contributed by atoms with E-state index in [1.807, 2.05) is 22.7 Å². The highest BCUT2D eigenvalue weighted by Gasteiger charge is 2.20. The Kier molecular flexibility index (Phi) is 1.78. The van der Waals surface area contributed by atoms with Crippen LogP contribution in [0.15, 0.2) is 48.5 Å². The number of benzene rings is 3. The van der Waals surface area contributed by atoms with Crippen LogP contribution in [0.4, 0.5) is 0 Å². The van der Waals surface area contributed by atoms with Gasteiger partial charge in [0.1, 0.15) is 0 Å². The maximum Gasteiger partial charge on any atom is 0.0362 e. The third-order valence-electron chi connectivity index (χ3n) is 4.67. The van der Waals surface area contributed by atoms with Gasteiger partial charge in [0, 0.05) is 40.3 Å². The molecular formula is C19H10S2. The van der Waals surface area contributed by atoms with Crippen LogP contribution in [-0.2, 0) is 6.42 Å². The van der Waals surface area contributed by atoms with E-state index in [0.29, 0.717) is 0 Å². The summed E-state index contributed by atoms with van der Waals surface area (Å²) in [7, 11) is 0. The van der Waals surface area contributed by atoms with E-state index >= 15 is 0 Å². The lowest BCUT2D eigenvalue weighted by molar-refractivity contribution is 1.25. The van der Waals surface area contributed by atoms with E-state index in [0.717, 1.165) is 6.42 Å². The lowest BCUT2D eigenvalue weighted by atomic mass is 10.0. The molecule has 0 atom stereocenters. The summed E-state index contributed by atoms with van der Waals surface area (Å²) in [6, 6.07) is 18.2. The summed E-state index contributed by atoms with van der Waals surface area (Å²) in [4.78, 5) is 0. The number of thiophene rings is 2. The van der Waals surface area contributed by atoms with Crippen molar-refractivity contribution in [3.8, 4) is 0 Å². The monoisotopic (exact) mass is 302 g/mol. The highest BCUT2D eigenvalue weighted by Crippen LogP contribution is 2.48. The van der Waals surface area contributed by atoms with E-state index < -0.39 is 0 Å². The molecule has 2 heteroatoms. The Bertz CT molecular complexity index is 1110. The minimum Gasteiger partial charge on any atom is -0.135 e. The van der Waals surface area contributed by atoms with Gasteiger partial charge in [-0.1, -0.05) is 24.3 Å². The first-order valence-corrected chi connectivity index (χ1v) is 8.81. The molecule has 0 unspecified atom stereocenters. The van der Waals surface area contributed by atoms with Gasteiger partial charge in [0.05, 0.1) is 0 Å². The van der Waals surface area contributed by atoms with Crippen LogP contribution >= 0.6 is 22.7 Å². The molecule has 5 aromatic rings. The summed E-state index contributed by atoms with van der Waals surface area (Å²) < 4.78 is 5.73. The highest BCUT2D eigenvalue weighted by molar-refractivity contribution is 7.28. The summed E-state index contributed by atoms with van der Waals surface area (Å²) >= 11 is 3.87. The van der Waals surface area contributed by atoms with Crippen molar-refractivity contribution in [2.45, 2.75) is 6.42 Å². The van der Waals surface area contributed by atoms with E-state index in [9.17, 15) is 0 Å². The summed E-state index contributed by atoms with van der Waals surface area (Å²) in [6.07, 6.45) is 1.06. The highest BCUT2D eigenvalue weighted by atomic mass is 32.1. The quantitative estimate of drug-likeness (QED) is 0.308. The zero-order valence-corrected chi connectivity index (χ0v) is 12.8. The molecule has 0 radical (unpaired) electrons. The van der Waals surface area contributed by atoms with Crippen molar-refractivity contribution >= 4 is 63.0 Å². The first-order valence-electron chi connectivity index (χ1n) is 7.17. The molecule has 0 N–H and O–H groups in total. The van der Waals surface area contributed by atoms with Gasteiger partial charge >= 0.3 is 0 Å². The van der Waals surface area contributed by atoms with Crippen LogP contribution in [0.25, 0.3) is 40.3 Å². The standard InChI is InChI=1S/C19H10S2/c1-3-10-9-11-4-2-6-13-17(11)19-15(21-13)8-7-14-18(19)16(10)12(5-1)20-14/h1-8H,9H2. The summed E-state index contributed by atoms with van der Waals surface area (Å²) in [5, 5.41) is 6.00. The average molecular weight is 302 g/mol. The first-order chi connectivity index (χ1) is 10.4. The van der Waals surface area contributed by atoms with E-state index in [1.54, 1.807) is 0 Å². The molecule has 0 fully saturated rings. The molecule has 21 heavy (non-hydrogen) atoms. The van der Waals surface area contributed by atoms with Gasteiger partial charge in [-0.2, -0.15) is 0 Å². The minimum atomic E-state index is 1.06. The average Bonchev–Trinajstić information content (AvgIpc) is 2.99. The van der Waals surface area contributed by atoms with Crippen molar-refractivity contribution in [3.05, 3.63) is 59.7 Å². The van der Waals surface area contributed by atoms with E-state index in [2.05, 4.69) is 48.5 Å². The van der Waals surface area contributed by atoms with Gasteiger partial charge in [0.2, 0.25) is 0 Å². The van der Waals surface area contributed by atoms with Crippen LogP contribution in [0.3, 0.4) is 0 Å². The number of rotatable bonds is 0. The Morgan fingerprint density at radius 1 is 0.524 bits per heavy atom. The molecule has 0 nitrogen and oxygen atoms in total. The molecule has 1 aliphatic carbocycles. The fourth-order valence-electron chi connectivity index (χ4n) is 3.86. The molecule has 98 valence electrons. The lowest BCUT2D eigenvalue weighted by Gasteiger charge is -2.03. The molecular weight excluding hydrogens is 292 g/mol. The second-order valence-electron chi connectivity index (χ2n) is 5.77. The van der Waals surface area contributed by atoms with Gasteiger partial charge in [-0.25, -0.2) is 0 Å². The van der Waals surface area contributed by atoms with Crippen LogP contribution in [-0.4, -0.2) is 0 Å². The number of hydrogen-bond donors (Lipinski definition) is 0. The Morgan fingerprint density at radius 3 is 1.52 bits per heavy atom. The van der Waals surface area contributed by atoms with Crippen molar-refractivity contribution < 1.29 is 0 Å². The predicted molar refractivity (Wildman–Crippen MR) is 95.0 cm³/mol. The Morgan fingerprint density at radius 2 is 1.00 bits per heavy atom. The third kappa shape index (κ3) is 1.18. The topological polar surface area (TPSA) is 0 Å². The molecule has 2 aromatic heterocycles. The third-order valence-corrected chi connectivity index (χ3v) is 6.92. The zero-order valence-electron chi connectivity index (χ0n) is 11.1. The smallest absolute Gasteiger partial charge is 0.0362 e. The molecule has 3 aromatic carbocycles. The zero-order chi connectivity index (χ0) is 13.6. The van der Waals surface area contributed by atoms with Crippen LogP contribution < -0.4 is 0 Å². The van der Waals surface area contributed by atoms with Crippen LogP contribution in [0.5, 0.6) is 0 Å². The molecule has 2 heterocycles. The van der Waals surface area contributed by atoms with Crippen molar-refractivity contribution in [1.82, 2.24) is 0 Å². The van der Waals surface area contributed by atoms with Crippen LogP contribution in [0.2, 0.25) is 0 Å². The van der Waals surface area contributed by atoms with Crippen LogP contribution in [0.1, 0.15) is 11.1 Å². The molecule has 0 saturated heterocycles. The lowest BCUT2D eigenvalue weighted by Crippen LogP contribution is -1.87. The van der Waals surface area contributed by atoms with Gasteiger partial charge in [0.15, 0.2) is 0 Å². The maximum absolute atomic E-state index is 2.31. The molecule has 0 spiro atoms. The van der Waals surface area contributed by atoms with Gasteiger partial charge in [-0.3, -0.25) is 0 Å². The molecule has 0 aliphatic heterocycles. The number of hydrogen-bond acceptors (Lipinski definition) is 2.